The summed E-state index contributed by atoms with van der Waals surface area (Å²) in [6.07, 6.45) is 0. The van der Waals surface area contributed by atoms with E-state index in [4.69, 9.17) is 0 Å². The highest BCUT2D eigenvalue weighted by atomic mass is 14.2. The Labute approximate surface area is 624 Å². The lowest BCUT2D eigenvalue weighted by Gasteiger charge is -2.13. The fourth-order valence-electron chi connectivity index (χ4n) is 8.06. The average molecular weight is 1330 g/mol. The van der Waals surface area contributed by atoms with Gasteiger partial charge in [-0.25, -0.2) is 0 Å². The van der Waals surface area contributed by atoms with Crippen LogP contribution in [0.3, 0.4) is 0 Å². The number of fused-ring (bicyclic) bond motifs is 3. The predicted molar refractivity (Wildman–Crippen MR) is 434 cm³/mol. The molecular formula is C102H108. The third-order valence-electron chi connectivity index (χ3n) is 12.6. The summed E-state index contributed by atoms with van der Waals surface area (Å²) in [5.41, 5.74) is 1.38. The average Bonchev–Trinajstić information content (AvgIpc) is 0.776. The summed E-state index contributed by atoms with van der Waals surface area (Å²) in [5, 5.41) is 2.79. The summed E-state index contributed by atoms with van der Waals surface area (Å²) in [6.45, 7) is 75.0. The molecule has 0 nitrogen and oxygen atoms in total. The van der Waals surface area contributed by atoms with Crippen molar-refractivity contribution in [2.24, 2.45) is 65.0 Å². The molecule has 102 heavy (non-hydrogen) atoms. The molecule has 0 aliphatic heterocycles. The first-order valence-electron chi connectivity index (χ1n) is 35.2. The summed E-state index contributed by atoms with van der Waals surface area (Å²) in [5.74, 6) is 86.3. The monoisotopic (exact) mass is 1330 g/mol. The molecule has 0 aliphatic rings. The minimum atomic E-state index is -0.468. The molecule has 4 aromatic carbocycles. The second-order valence-electron chi connectivity index (χ2n) is 38.2. The van der Waals surface area contributed by atoms with Crippen LogP contribution >= 0.6 is 0 Å². The van der Waals surface area contributed by atoms with Gasteiger partial charge in [-0.3, -0.25) is 0 Å². The van der Waals surface area contributed by atoms with Crippen molar-refractivity contribution in [2.45, 2.75) is 249 Å². The molecule has 4 rings (SSSR count). The van der Waals surface area contributed by atoms with Crippen LogP contribution in [0.15, 0.2) is 0 Å². The van der Waals surface area contributed by atoms with E-state index in [0.717, 1.165) is 0 Å². The van der Waals surface area contributed by atoms with Crippen LogP contribution in [0.2, 0.25) is 0 Å². The molecular weight excluding hydrogens is 1230 g/mol. The molecule has 0 saturated heterocycles. The largest absolute Gasteiger partial charge is 0.0919 e. The van der Waals surface area contributed by atoms with Crippen molar-refractivity contribution in [1.29, 1.82) is 0 Å². The van der Waals surface area contributed by atoms with Crippen LogP contribution in [0.25, 0.3) is 32.3 Å². The zero-order valence-electron chi connectivity index (χ0n) is 69.0. The third kappa shape index (κ3) is 29.5. The maximum absolute atomic E-state index is 3.63. The van der Waals surface area contributed by atoms with E-state index in [1.807, 2.05) is 0 Å². The molecule has 4 aromatic rings. The SMILES string of the molecule is CC(C)(C)C#Cc1c(C#CC(C)(C)C)c(C#CC(C)(C)C)c2c#cc#cc3c(C#CC(C)(C)C)c(C#CC(C)(C)C)c(C#CC(C)(C)C)c(C#CC(C)(C)C)c3c#cc#cc3c(C#CC(C)(C)C)c(C#CC(C)(C)C)c(C#CC(C)(C)C)c(C#CC(C)(C)C)c3c#cc#cc2c1C#CC(C)(C)C. The van der Waals surface area contributed by atoms with Gasteiger partial charge >= 0.3 is 0 Å². The van der Waals surface area contributed by atoms with Crippen LogP contribution in [0.4, 0.5) is 0 Å². The topological polar surface area (TPSA) is 0 Å². The zero-order chi connectivity index (χ0) is 77.8. The molecule has 0 aromatic heterocycles. The van der Waals surface area contributed by atoms with E-state index in [1.165, 1.54) is 0 Å². The van der Waals surface area contributed by atoms with E-state index < -0.39 is 65.0 Å². The molecule has 0 saturated carbocycles. The van der Waals surface area contributed by atoms with E-state index >= 15 is 0 Å². The smallest absolute Gasteiger partial charge is 0.0595 e. The third-order valence-corrected chi connectivity index (χ3v) is 12.6. The van der Waals surface area contributed by atoms with Gasteiger partial charge in [-0.2, -0.15) is 0 Å². The number of benzene rings is 3. The fraction of sp³-hybridized carbons (Fsp3) is 0.471. The fourth-order valence-corrected chi connectivity index (χ4v) is 8.06. The summed E-state index contributed by atoms with van der Waals surface area (Å²) in [4.78, 5) is 0. The maximum Gasteiger partial charge on any atom is 0.0595 e. The van der Waals surface area contributed by atoms with Gasteiger partial charge in [-0.15, -0.1) is 0 Å². The Kier molecular flexibility index (Phi) is 26.2. The Morgan fingerprint density at radius 2 is 0.206 bits per heavy atom. The minimum Gasteiger partial charge on any atom is -0.0919 e. The van der Waals surface area contributed by atoms with Crippen LogP contribution < -0.4 is 0 Å². The lowest BCUT2D eigenvalue weighted by molar-refractivity contribution is 0.570. The molecule has 0 fully saturated rings. The highest BCUT2D eigenvalue weighted by molar-refractivity contribution is 5.98. The van der Waals surface area contributed by atoms with E-state index in [0.29, 0.717) is 99.1 Å². The molecule has 516 valence electrons. The Morgan fingerprint density at radius 1 is 0.127 bits per heavy atom. The van der Waals surface area contributed by atoms with Crippen LogP contribution in [0.5, 0.6) is 0 Å². The molecule has 0 heterocycles. The van der Waals surface area contributed by atoms with Gasteiger partial charge in [0.2, 0.25) is 0 Å². The quantitative estimate of drug-likeness (QED) is 0.154. The van der Waals surface area contributed by atoms with Crippen molar-refractivity contribution < 1.29 is 0 Å². The zero-order valence-corrected chi connectivity index (χ0v) is 69.0. The van der Waals surface area contributed by atoms with Crippen molar-refractivity contribution in [3.63, 3.8) is 0 Å². The number of rotatable bonds is 0. The van der Waals surface area contributed by atoms with Crippen molar-refractivity contribution >= 4 is 32.3 Å². The standard InChI is InChI=1S/C102H108/c1-91(2,3)61-49-79-73-43-37-38-45-75-77(83(53-65-95(13,14)15)89(59-71-101(31,32)33)87(57-69-99(25,26)27)81(75)51-63-93(7,8)9)47-41-42-48-78-76(46-40-39-44-74(73)80(50-62-92(4,5)6)86(56-68-98(22,23)24)85(79)55-67-97(19,20)21)82(52-64-94(10,11)12)88(58-70-100(28,29)30)90(60-72-102(34,35)36)84(78)54-66-96(16,17)18/h1-36H3. The van der Waals surface area contributed by atoms with Crippen molar-refractivity contribution in [2.75, 3.05) is 0 Å². The van der Waals surface area contributed by atoms with Crippen LogP contribution in [0, 0.1) is 280 Å². The molecule has 0 N–H and O–H groups in total. The first kappa shape index (κ1) is 84.2. The van der Waals surface area contributed by atoms with Gasteiger partial charge in [-0.1, -0.05) is 178 Å². The molecule has 0 bridgehead atoms. The normalized spacial score (nSPS) is 11.3. The van der Waals surface area contributed by atoms with Crippen LogP contribution in [-0.4, -0.2) is 0 Å². The van der Waals surface area contributed by atoms with Gasteiger partial charge in [-0.05, 0) is 286 Å². The highest BCUT2D eigenvalue weighted by Crippen LogP contribution is 2.34. The Hall–Kier alpha value is -10.3. The molecule has 0 atom stereocenters. The van der Waals surface area contributed by atoms with Gasteiger partial charge in [0, 0.05) is 65.0 Å². The Morgan fingerprint density at radius 3 is 0.284 bits per heavy atom. The molecule has 0 amide bonds. The maximum atomic E-state index is 3.63. The molecule has 0 aliphatic carbocycles. The lowest BCUT2D eigenvalue weighted by atomic mass is 9.87. The van der Waals surface area contributed by atoms with Crippen molar-refractivity contribution in [3.8, 4) is 142 Å². The molecule has 0 heteroatoms. The summed E-state index contributed by atoms with van der Waals surface area (Å²) >= 11 is 0. The molecule has 0 radical (unpaired) electrons. The first-order valence-corrected chi connectivity index (χ1v) is 35.2. The van der Waals surface area contributed by atoms with Gasteiger partial charge < -0.3 is 0 Å². The minimum absolute atomic E-state index is 0.434. The van der Waals surface area contributed by atoms with Crippen LogP contribution in [0.1, 0.15) is 316 Å². The Bertz CT molecular complexity index is 4150. The summed E-state index contributed by atoms with van der Waals surface area (Å²) in [6, 6.07) is 41.5. The van der Waals surface area contributed by atoms with Gasteiger partial charge in [0.25, 0.3) is 0 Å². The van der Waals surface area contributed by atoms with Gasteiger partial charge in [0.05, 0.1) is 99.1 Å². The molecule has 0 unspecified atom stereocenters. The number of hydrogen-bond donors (Lipinski definition) is 0. The van der Waals surface area contributed by atoms with E-state index in [-0.39, 0.29) is 0 Å². The number of hydrogen-bond acceptors (Lipinski definition) is 0. The first-order chi connectivity index (χ1) is 46.1. The van der Waals surface area contributed by atoms with E-state index in [2.05, 4.69) is 464 Å². The van der Waals surface area contributed by atoms with E-state index in [1.54, 1.807) is 0 Å². The van der Waals surface area contributed by atoms with Crippen molar-refractivity contribution in [1.82, 2.24) is 0 Å². The van der Waals surface area contributed by atoms with Gasteiger partial charge in [0.15, 0.2) is 0 Å². The summed E-state index contributed by atoms with van der Waals surface area (Å²) < 4.78 is 0. The van der Waals surface area contributed by atoms with Gasteiger partial charge in [0.1, 0.15) is 0 Å². The second-order valence-corrected chi connectivity index (χ2v) is 38.2. The summed E-state index contributed by atoms with van der Waals surface area (Å²) in [7, 11) is 0. The highest BCUT2D eigenvalue weighted by Gasteiger charge is 2.24. The van der Waals surface area contributed by atoms with Crippen molar-refractivity contribution in [3.05, 3.63) is 140 Å². The predicted octanol–water partition coefficient (Wildman–Crippen LogP) is 22.9. The lowest BCUT2D eigenvalue weighted by Crippen LogP contribution is -2.05. The second kappa shape index (κ2) is 31.7. The van der Waals surface area contributed by atoms with Crippen LogP contribution in [-0.2, 0) is 0 Å². The molecule has 0 spiro atoms. The van der Waals surface area contributed by atoms with E-state index in [9.17, 15) is 0 Å². The Balaban J connectivity index is 3.13.